The van der Waals surface area contributed by atoms with Crippen LogP contribution in [-0.2, 0) is 11.3 Å². The lowest BCUT2D eigenvalue weighted by molar-refractivity contribution is -0.143. The first-order valence-corrected chi connectivity index (χ1v) is 5.51. The van der Waals surface area contributed by atoms with Crippen LogP contribution in [0.4, 0.5) is 0 Å². The van der Waals surface area contributed by atoms with Gasteiger partial charge in [0.2, 0.25) is 0 Å². The van der Waals surface area contributed by atoms with Gasteiger partial charge in [-0.05, 0) is 37.6 Å². The first kappa shape index (κ1) is 13.3. The number of aliphatic carboxylic acids is 1. The number of benzene rings is 1. The number of hydrogen-bond donors (Lipinski definition) is 2. The lowest BCUT2D eigenvalue weighted by Gasteiger charge is -2.21. The molecular formula is C11H13Cl2NO2. The predicted octanol–water partition coefficient (Wildman–Crippen LogP) is 2.95. The number of halogens is 2. The van der Waals surface area contributed by atoms with Gasteiger partial charge in [0.05, 0.1) is 0 Å². The largest absolute Gasteiger partial charge is 0.480 e. The van der Waals surface area contributed by atoms with Crippen LogP contribution in [0, 0.1) is 0 Å². The summed E-state index contributed by atoms with van der Waals surface area (Å²) >= 11 is 11.8. The van der Waals surface area contributed by atoms with Crippen molar-refractivity contribution in [2.24, 2.45) is 0 Å². The van der Waals surface area contributed by atoms with Crippen LogP contribution in [0.25, 0.3) is 0 Å². The molecule has 0 saturated heterocycles. The third-order valence-electron chi connectivity index (χ3n) is 2.26. The van der Waals surface area contributed by atoms with E-state index in [2.05, 4.69) is 5.32 Å². The van der Waals surface area contributed by atoms with Gasteiger partial charge in [-0.3, -0.25) is 10.1 Å². The zero-order valence-corrected chi connectivity index (χ0v) is 10.6. The van der Waals surface area contributed by atoms with Crippen molar-refractivity contribution < 1.29 is 9.90 Å². The fourth-order valence-electron chi connectivity index (χ4n) is 1.07. The monoisotopic (exact) mass is 261 g/mol. The van der Waals surface area contributed by atoms with Gasteiger partial charge in [0, 0.05) is 16.6 Å². The maximum atomic E-state index is 10.9. The van der Waals surface area contributed by atoms with Crippen molar-refractivity contribution in [1.82, 2.24) is 5.32 Å². The van der Waals surface area contributed by atoms with Gasteiger partial charge in [-0.2, -0.15) is 0 Å². The van der Waals surface area contributed by atoms with Crippen molar-refractivity contribution >= 4 is 29.2 Å². The molecule has 0 aliphatic heterocycles. The lowest BCUT2D eigenvalue weighted by Crippen LogP contribution is -2.46. The highest BCUT2D eigenvalue weighted by Crippen LogP contribution is 2.21. The molecule has 16 heavy (non-hydrogen) atoms. The van der Waals surface area contributed by atoms with E-state index in [0.29, 0.717) is 16.6 Å². The molecule has 2 N–H and O–H groups in total. The summed E-state index contributed by atoms with van der Waals surface area (Å²) in [5.74, 6) is -0.911. The topological polar surface area (TPSA) is 49.3 Å². The normalized spacial score (nSPS) is 11.5. The summed E-state index contributed by atoms with van der Waals surface area (Å²) < 4.78 is 0. The Morgan fingerprint density at radius 3 is 2.62 bits per heavy atom. The van der Waals surface area contributed by atoms with Crippen LogP contribution in [0.1, 0.15) is 19.4 Å². The lowest BCUT2D eigenvalue weighted by atomic mass is 10.1. The van der Waals surface area contributed by atoms with E-state index in [-0.39, 0.29) is 0 Å². The van der Waals surface area contributed by atoms with Gasteiger partial charge in [-0.15, -0.1) is 0 Å². The standard InChI is InChI=1S/C11H13Cl2NO2/c1-11(2,10(15)16)14-6-7-5-8(12)3-4-9(7)13/h3-5,14H,6H2,1-2H3,(H,15,16). The Kier molecular flexibility index (Phi) is 4.19. The molecule has 0 aromatic heterocycles. The number of nitrogens with one attached hydrogen (secondary N) is 1. The summed E-state index contributed by atoms with van der Waals surface area (Å²) in [5, 5.41) is 13.0. The highest BCUT2D eigenvalue weighted by atomic mass is 35.5. The van der Waals surface area contributed by atoms with E-state index in [1.165, 1.54) is 0 Å². The molecule has 1 aromatic carbocycles. The summed E-state index contributed by atoms with van der Waals surface area (Å²) in [5.41, 5.74) is -0.213. The number of rotatable bonds is 4. The van der Waals surface area contributed by atoms with E-state index < -0.39 is 11.5 Å². The quantitative estimate of drug-likeness (QED) is 0.877. The van der Waals surface area contributed by atoms with Crippen molar-refractivity contribution in [3.63, 3.8) is 0 Å². The minimum atomic E-state index is -0.994. The van der Waals surface area contributed by atoms with Gasteiger partial charge in [0.1, 0.15) is 5.54 Å². The average molecular weight is 262 g/mol. The summed E-state index contributed by atoms with van der Waals surface area (Å²) in [6.45, 7) is 3.54. The SMILES string of the molecule is CC(C)(NCc1cc(Cl)ccc1Cl)C(=O)O. The second-order valence-corrected chi connectivity index (χ2v) is 4.86. The molecule has 0 aliphatic carbocycles. The zero-order valence-electron chi connectivity index (χ0n) is 9.05. The summed E-state index contributed by atoms with van der Waals surface area (Å²) in [6.07, 6.45) is 0. The number of carbonyl (C=O) groups is 1. The molecule has 0 unspecified atom stereocenters. The molecule has 0 spiro atoms. The van der Waals surface area contributed by atoms with Crippen LogP contribution in [0.15, 0.2) is 18.2 Å². The molecule has 88 valence electrons. The average Bonchev–Trinajstić information content (AvgIpc) is 2.19. The molecule has 5 heteroatoms. The molecule has 0 atom stereocenters. The van der Waals surface area contributed by atoms with Gasteiger partial charge in [-0.25, -0.2) is 0 Å². The second kappa shape index (κ2) is 5.04. The minimum Gasteiger partial charge on any atom is -0.480 e. The molecule has 0 aliphatic rings. The highest BCUT2D eigenvalue weighted by molar-refractivity contribution is 6.33. The molecule has 1 aromatic rings. The second-order valence-electron chi connectivity index (χ2n) is 4.02. The Balaban J connectivity index is 2.75. The molecule has 3 nitrogen and oxygen atoms in total. The maximum absolute atomic E-state index is 10.9. The van der Waals surface area contributed by atoms with Crippen LogP contribution in [0.5, 0.6) is 0 Å². The van der Waals surface area contributed by atoms with Gasteiger partial charge in [0.15, 0.2) is 0 Å². The Morgan fingerprint density at radius 2 is 2.06 bits per heavy atom. The molecular weight excluding hydrogens is 249 g/mol. The molecule has 1 rings (SSSR count). The minimum absolute atomic E-state index is 0.360. The van der Waals surface area contributed by atoms with E-state index in [1.54, 1.807) is 32.0 Å². The molecule has 0 bridgehead atoms. The number of hydrogen-bond acceptors (Lipinski definition) is 2. The van der Waals surface area contributed by atoms with Crippen molar-refractivity contribution in [3.05, 3.63) is 33.8 Å². The van der Waals surface area contributed by atoms with Crippen molar-refractivity contribution in [2.75, 3.05) is 0 Å². The molecule has 0 radical (unpaired) electrons. The van der Waals surface area contributed by atoms with Crippen LogP contribution in [0.2, 0.25) is 10.0 Å². The zero-order chi connectivity index (χ0) is 12.3. The Morgan fingerprint density at radius 1 is 1.44 bits per heavy atom. The van der Waals surface area contributed by atoms with Gasteiger partial charge < -0.3 is 5.11 Å². The predicted molar refractivity (Wildman–Crippen MR) is 65.0 cm³/mol. The highest BCUT2D eigenvalue weighted by Gasteiger charge is 2.26. The Labute approximate surface area is 104 Å². The van der Waals surface area contributed by atoms with Crippen LogP contribution < -0.4 is 5.32 Å². The maximum Gasteiger partial charge on any atom is 0.323 e. The van der Waals surface area contributed by atoms with Crippen molar-refractivity contribution in [1.29, 1.82) is 0 Å². The van der Waals surface area contributed by atoms with Gasteiger partial charge in [0.25, 0.3) is 0 Å². The first-order chi connectivity index (χ1) is 7.33. The van der Waals surface area contributed by atoms with Crippen LogP contribution in [0.3, 0.4) is 0 Å². The Bertz CT molecular complexity index is 405. The number of carboxylic acids is 1. The smallest absolute Gasteiger partial charge is 0.323 e. The molecule has 0 heterocycles. The van der Waals surface area contributed by atoms with E-state index in [9.17, 15) is 4.79 Å². The van der Waals surface area contributed by atoms with E-state index in [1.807, 2.05) is 0 Å². The summed E-state index contributed by atoms with van der Waals surface area (Å²) in [6, 6.07) is 5.10. The fraction of sp³-hybridized carbons (Fsp3) is 0.364. The van der Waals surface area contributed by atoms with Crippen molar-refractivity contribution in [3.8, 4) is 0 Å². The fourth-order valence-corrected chi connectivity index (χ4v) is 1.45. The first-order valence-electron chi connectivity index (χ1n) is 4.75. The Hall–Kier alpha value is -0.770. The molecule has 0 saturated carbocycles. The van der Waals surface area contributed by atoms with Crippen LogP contribution in [-0.4, -0.2) is 16.6 Å². The van der Waals surface area contributed by atoms with Gasteiger partial charge >= 0.3 is 5.97 Å². The third-order valence-corrected chi connectivity index (χ3v) is 2.87. The van der Waals surface area contributed by atoms with Crippen LogP contribution >= 0.6 is 23.2 Å². The molecule has 0 fully saturated rings. The van der Waals surface area contributed by atoms with E-state index >= 15 is 0 Å². The van der Waals surface area contributed by atoms with Crippen molar-refractivity contribution in [2.45, 2.75) is 25.9 Å². The van der Waals surface area contributed by atoms with Gasteiger partial charge in [-0.1, -0.05) is 23.2 Å². The van der Waals surface area contributed by atoms with E-state index in [0.717, 1.165) is 5.56 Å². The van der Waals surface area contributed by atoms with E-state index in [4.69, 9.17) is 28.3 Å². The summed E-state index contributed by atoms with van der Waals surface area (Å²) in [4.78, 5) is 10.9. The third kappa shape index (κ3) is 3.37. The molecule has 0 amide bonds. The summed E-state index contributed by atoms with van der Waals surface area (Å²) in [7, 11) is 0. The number of carboxylic acid groups (broad SMARTS) is 1.